The van der Waals surface area contributed by atoms with E-state index in [2.05, 4.69) is 58.1 Å². The molecule has 0 saturated heterocycles. The van der Waals surface area contributed by atoms with Crippen molar-refractivity contribution < 1.29 is 9.90 Å². The minimum Gasteiger partial charge on any atom is -0.463 e. The Hall–Kier alpha value is -3.93. The molecule has 2 heterocycles. The molecule has 1 amide bonds. The standard InChI is InChI=1S/C32H39N7O2/c1-3-21-13-15-22(16-14-21)19-39-25-27(34-20(2)23-9-7-10-23)36-29(26(33)35-31(40)41)37-28(25)38-30(39)32(17-8-18-32)24-11-5-4-6-12-24/h1,4-6,11-12,20-23H,7-10,13-19H2,2H3,(H2,33,35)(H,40,41)(H,34,36,37). The molecule has 3 fully saturated rings. The maximum absolute atomic E-state index is 11.3. The molecule has 9 heteroatoms. The van der Waals surface area contributed by atoms with E-state index in [0.29, 0.717) is 29.2 Å². The number of aliphatic imine (C=N–C) groups is 1. The van der Waals surface area contributed by atoms with Gasteiger partial charge in [-0.3, -0.25) is 0 Å². The number of fused-ring (bicyclic) bond motifs is 1. The molecule has 3 saturated carbocycles. The number of carbonyl (C=O) groups is 1. The van der Waals surface area contributed by atoms with Crippen LogP contribution in [-0.4, -0.2) is 42.6 Å². The summed E-state index contributed by atoms with van der Waals surface area (Å²) in [5.41, 5.74) is 8.52. The molecule has 2 aromatic heterocycles. The quantitative estimate of drug-likeness (QED) is 0.185. The summed E-state index contributed by atoms with van der Waals surface area (Å²) in [6.07, 6.45) is 15.4. The molecule has 0 radical (unpaired) electrons. The third kappa shape index (κ3) is 5.16. The van der Waals surface area contributed by atoms with Gasteiger partial charge in [0.15, 0.2) is 23.1 Å². The number of anilines is 1. The maximum Gasteiger partial charge on any atom is 0.433 e. The van der Waals surface area contributed by atoms with Crippen LogP contribution in [-0.2, 0) is 12.0 Å². The van der Waals surface area contributed by atoms with Gasteiger partial charge in [0.2, 0.25) is 0 Å². The zero-order chi connectivity index (χ0) is 28.6. The average Bonchev–Trinajstić information content (AvgIpc) is 3.26. The first-order chi connectivity index (χ1) is 19.9. The number of terminal acetylenes is 1. The van der Waals surface area contributed by atoms with E-state index in [-0.39, 0.29) is 23.1 Å². The molecule has 214 valence electrons. The Morgan fingerprint density at radius 3 is 2.46 bits per heavy atom. The third-order valence-electron chi connectivity index (χ3n) is 9.75. The number of hydrogen-bond acceptors (Lipinski definition) is 5. The molecule has 3 aromatic rings. The molecular formula is C32H39N7O2. The van der Waals surface area contributed by atoms with E-state index in [1.165, 1.54) is 24.8 Å². The van der Waals surface area contributed by atoms with Crippen molar-refractivity contribution in [3.63, 3.8) is 0 Å². The topological polar surface area (TPSA) is 131 Å². The van der Waals surface area contributed by atoms with Crippen LogP contribution in [0.25, 0.3) is 11.2 Å². The second-order valence-corrected chi connectivity index (χ2v) is 12.2. The summed E-state index contributed by atoms with van der Waals surface area (Å²) in [6, 6.07) is 10.8. The van der Waals surface area contributed by atoms with Crippen LogP contribution in [0.3, 0.4) is 0 Å². The first-order valence-electron chi connectivity index (χ1n) is 15.0. The van der Waals surface area contributed by atoms with E-state index in [9.17, 15) is 9.90 Å². The zero-order valence-electron chi connectivity index (χ0n) is 23.7. The average molecular weight is 554 g/mol. The van der Waals surface area contributed by atoms with Crippen molar-refractivity contribution in [3.8, 4) is 12.3 Å². The van der Waals surface area contributed by atoms with Gasteiger partial charge in [0, 0.05) is 18.5 Å². The smallest absolute Gasteiger partial charge is 0.433 e. The molecule has 9 nitrogen and oxygen atoms in total. The molecule has 0 aliphatic heterocycles. The number of nitrogens with two attached hydrogens (primary N) is 1. The van der Waals surface area contributed by atoms with Crippen LogP contribution in [0.2, 0.25) is 0 Å². The van der Waals surface area contributed by atoms with Crippen molar-refractivity contribution in [3.05, 3.63) is 47.5 Å². The molecule has 6 rings (SSSR count). The maximum atomic E-state index is 11.3. The SMILES string of the molecule is C#CC1CCC(Cn2c(C3(c4ccccc4)CCC3)nc3nc(C(N)=NC(=O)O)nc(NC(C)C4CCC4)c32)CC1. The van der Waals surface area contributed by atoms with Crippen LogP contribution in [0.15, 0.2) is 35.3 Å². The summed E-state index contributed by atoms with van der Waals surface area (Å²) < 4.78 is 2.37. The molecule has 3 aliphatic rings. The van der Waals surface area contributed by atoms with Gasteiger partial charge in [-0.05, 0) is 75.7 Å². The lowest BCUT2D eigenvalue weighted by Gasteiger charge is -2.42. The number of amidine groups is 1. The van der Waals surface area contributed by atoms with Crippen LogP contribution >= 0.6 is 0 Å². The van der Waals surface area contributed by atoms with Gasteiger partial charge in [-0.15, -0.1) is 12.3 Å². The Balaban J connectivity index is 1.52. The Bertz CT molecular complexity index is 1490. The number of aromatic nitrogens is 4. The van der Waals surface area contributed by atoms with Crippen molar-refractivity contribution in [1.82, 2.24) is 19.5 Å². The number of hydrogen-bond donors (Lipinski definition) is 3. The summed E-state index contributed by atoms with van der Waals surface area (Å²) in [5, 5.41) is 12.9. The molecule has 0 bridgehead atoms. The Morgan fingerprint density at radius 2 is 1.88 bits per heavy atom. The Kier molecular flexibility index (Phi) is 7.41. The first-order valence-corrected chi connectivity index (χ1v) is 15.0. The highest BCUT2D eigenvalue weighted by Gasteiger charge is 2.45. The van der Waals surface area contributed by atoms with Crippen LogP contribution in [0.5, 0.6) is 0 Å². The number of nitrogens with one attached hydrogen (secondary N) is 1. The molecular weight excluding hydrogens is 514 g/mol. The molecule has 0 spiro atoms. The fourth-order valence-corrected chi connectivity index (χ4v) is 6.92. The minimum absolute atomic E-state index is 0.0799. The van der Waals surface area contributed by atoms with Gasteiger partial charge >= 0.3 is 6.09 Å². The molecule has 1 aromatic carbocycles. The highest BCUT2D eigenvalue weighted by atomic mass is 16.4. The second kappa shape index (κ2) is 11.2. The molecule has 1 unspecified atom stereocenters. The van der Waals surface area contributed by atoms with E-state index in [1.54, 1.807) is 0 Å². The molecule has 3 aliphatic carbocycles. The van der Waals surface area contributed by atoms with Gasteiger partial charge < -0.3 is 20.7 Å². The first kappa shape index (κ1) is 27.3. The molecule has 1 atom stereocenters. The van der Waals surface area contributed by atoms with E-state index in [0.717, 1.165) is 62.8 Å². The van der Waals surface area contributed by atoms with E-state index >= 15 is 0 Å². The number of benzene rings is 1. The fourth-order valence-electron chi connectivity index (χ4n) is 6.92. The zero-order valence-corrected chi connectivity index (χ0v) is 23.7. The second-order valence-electron chi connectivity index (χ2n) is 12.2. The summed E-state index contributed by atoms with van der Waals surface area (Å²) >= 11 is 0. The summed E-state index contributed by atoms with van der Waals surface area (Å²) in [5.74, 6) is 5.84. The largest absolute Gasteiger partial charge is 0.463 e. The van der Waals surface area contributed by atoms with Crippen molar-refractivity contribution in [2.75, 3.05) is 5.32 Å². The van der Waals surface area contributed by atoms with Crippen LogP contribution < -0.4 is 11.1 Å². The lowest BCUT2D eigenvalue weighted by Crippen LogP contribution is -2.39. The fraction of sp³-hybridized carbons (Fsp3) is 0.531. The molecule has 4 N–H and O–H groups in total. The number of nitrogens with zero attached hydrogens (tertiary/aromatic N) is 5. The normalized spacial score (nSPS) is 23.3. The van der Waals surface area contributed by atoms with Crippen LogP contribution in [0.1, 0.15) is 88.3 Å². The summed E-state index contributed by atoms with van der Waals surface area (Å²) in [6.45, 7) is 3.00. The number of carboxylic acid groups (broad SMARTS) is 1. The van der Waals surface area contributed by atoms with Gasteiger partial charge in [-0.25, -0.2) is 19.7 Å². The van der Waals surface area contributed by atoms with E-state index < -0.39 is 6.09 Å². The van der Waals surface area contributed by atoms with Gasteiger partial charge in [-0.1, -0.05) is 43.2 Å². The Labute approximate surface area is 241 Å². The van der Waals surface area contributed by atoms with Crippen LogP contribution in [0, 0.1) is 30.1 Å². The highest BCUT2D eigenvalue weighted by Crippen LogP contribution is 2.50. The highest BCUT2D eigenvalue weighted by molar-refractivity contribution is 6.01. The van der Waals surface area contributed by atoms with Crippen LogP contribution in [0.4, 0.5) is 10.6 Å². The number of rotatable bonds is 8. The predicted octanol–water partition coefficient (Wildman–Crippen LogP) is 5.72. The lowest BCUT2D eigenvalue weighted by atomic mass is 9.63. The summed E-state index contributed by atoms with van der Waals surface area (Å²) in [4.78, 5) is 29.6. The van der Waals surface area contributed by atoms with E-state index in [4.69, 9.17) is 27.1 Å². The van der Waals surface area contributed by atoms with Crippen molar-refractivity contribution in [2.24, 2.45) is 28.5 Å². The van der Waals surface area contributed by atoms with Gasteiger partial charge in [0.05, 0.1) is 5.41 Å². The predicted molar refractivity (Wildman–Crippen MR) is 160 cm³/mol. The Morgan fingerprint density at radius 1 is 1.15 bits per heavy atom. The van der Waals surface area contributed by atoms with Crippen molar-refractivity contribution in [1.29, 1.82) is 0 Å². The van der Waals surface area contributed by atoms with Gasteiger partial charge in [0.1, 0.15) is 11.3 Å². The van der Waals surface area contributed by atoms with Crippen molar-refractivity contribution in [2.45, 2.75) is 89.1 Å². The van der Waals surface area contributed by atoms with Gasteiger partial charge in [-0.2, -0.15) is 4.99 Å². The van der Waals surface area contributed by atoms with E-state index in [1.807, 2.05) is 0 Å². The van der Waals surface area contributed by atoms with Gasteiger partial charge in [0.25, 0.3) is 0 Å². The third-order valence-corrected chi connectivity index (χ3v) is 9.75. The molecule has 41 heavy (non-hydrogen) atoms. The lowest BCUT2D eigenvalue weighted by molar-refractivity contribution is 0.205. The monoisotopic (exact) mass is 553 g/mol. The number of amides is 1. The van der Waals surface area contributed by atoms with Crippen molar-refractivity contribution >= 4 is 28.9 Å². The minimum atomic E-state index is -1.38. The summed E-state index contributed by atoms with van der Waals surface area (Å²) in [7, 11) is 0. The number of imidazole rings is 1.